The van der Waals surface area contributed by atoms with Crippen LogP contribution in [0, 0.1) is 6.07 Å². The largest absolute Gasteiger partial charge is 0.493 e. The molecule has 1 aromatic rings. The lowest BCUT2D eigenvalue weighted by molar-refractivity contribution is 0.391. The molecule has 0 bridgehead atoms. The zero-order valence-corrected chi connectivity index (χ0v) is 8.09. The Labute approximate surface area is 77.2 Å². The van der Waals surface area contributed by atoms with E-state index >= 15 is 0 Å². The summed E-state index contributed by atoms with van der Waals surface area (Å²) in [4.78, 5) is 0. The lowest BCUT2D eigenvalue weighted by atomic mass is 10.3. The van der Waals surface area contributed by atoms with Crippen molar-refractivity contribution in [3.63, 3.8) is 0 Å². The van der Waals surface area contributed by atoms with Crippen molar-refractivity contribution in [2.24, 2.45) is 0 Å². The summed E-state index contributed by atoms with van der Waals surface area (Å²) in [5, 5.41) is 0. The summed E-state index contributed by atoms with van der Waals surface area (Å²) >= 11 is 0. The summed E-state index contributed by atoms with van der Waals surface area (Å²) in [6, 6.07) is 7.26. The Balaban J connectivity index is 3.01. The lowest BCUT2D eigenvalue weighted by Gasteiger charge is -2.06. The highest BCUT2D eigenvalue weighted by molar-refractivity contribution is 7.86. The third-order valence-corrected chi connectivity index (χ3v) is 1.73. The molecule has 0 saturated heterocycles. The summed E-state index contributed by atoms with van der Waals surface area (Å²) in [7, 11) is -2.07. The fourth-order valence-corrected chi connectivity index (χ4v) is 1.26. The van der Waals surface area contributed by atoms with Gasteiger partial charge < -0.3 is 8.92 Å². The molecule has 13 heavy (non-hydrogen) atoms. The van der Waals surface area contributed by atoms with Crippen LogP contribution in [0.2, 0.25) is 0 Å². The van der Waals surface area contributed by atoms with Crippen molar-refractivity contribution in [3.8, 4) is 11.5 Å². The molecule has 0 spiro atoms. The maximum Gasteiger partial charge on any atom is 0.306 e. The third-order valence-electron chi connectivity index (χ3n) is 1.25. The van der Waals surface area contributed by atoms with Crippen molar-refractivity contribution >= 4 is 10.1 Å². The molecule has 0 atom stereocenters. The molecule has 0 saturated carbocycles. The van der Waals surface area contributed by atoms with Gasteiger partial charge in [-0.1, -0.05) is 6.07 Å². The minimum atomic E-state index is -3.50. The van der Waals surface area contributed by atoms with Crippen LogP contribution < -0.4 is 8.92 Å². The minimum Gasteiger partial charge on any atom is -0.493 e. The molecule has 1 radical (unpaired) electrons. The number of rotatable bonds is 3. The molecule has 1 rings (SSSR count). The van der Waals surface area contributed by atoms with Crippen LogP contribution in [0.4, 0.5) is 0 Å². The molecule has 0 aliphatic heterocycles. The van der Waals surface area contributed by atoms with E-state index < -0.39 is 10.1 Å². The van der Waals surface area contributed by atoms with Gasteiger partial charge in [-0.3, -0.25) is 0 Å². The Bertz CT molecular complexity index is 383. The quantitative estimate of drug-likeness (QED) is 0.680. The second-order valence-electron chi connectivity index (χ2n) is 2.36. The van der Waals surface area contributed by atoms with Gasteiger partial charge in [-0.05, 0) is 18.2 Å². The average molecular weight is 201 g/mol. The van der Waals surface area contributed by atoms with Crippen molar-refractivity contribution in [2.45, 2.75) is 0 Å². The number of methoxy groups -OCH3 is 1. The maximum atomic E-state index is 10.8. The zero-order valence-electron chi connectivity index (χ0n) is 7.27. The summed E-state index contributed by atoms with van der Waals surface area (Å²) in [5.74, 6) is 0.511. The van der Waals surface area contributed by atoms with E-state index in [0.717, 1.165) is 6.26 Å². The average Bonchev–Trinajstić information content (AvgIpc) is 2.02. The van der Waals surface area contributed by atoms with Crippen LogP contribution in [-0.2, 0) is 10.1 Å². The van der Waals surface area contributed by atoms with Crippen molar-refractivity contribution in [1.82, 2.24) is 0 Å². The highest BCUT2D eigenvalue weighted by atomic mass is 32.2. The first-order chi connectivity index (χ1) is 6.03. The molecule has 1 aromatic carbocycles. The van der Waals surface area contributed by atoms with Gasteiger partial charge in [0.1, 0.15) is 0 Å². The van der Waals surface area contributed by atoms with Crippen LogP contribution >= 0.6 is 0 Å². The molecular weight excluding hydrogens is 192 g/mol. The van der Waals surface area contributed by atoms with Crippen molar-refractivity contribution in [2.75, 3.05) is 13.4 Å². The molecule has 71 valence electrons. The minimum absolute atomic E-state index is 0.170. The molecule has 5 heteroatoms. The van der Waals surface area contributed by atoms with Gasteiger partial charge in [0.05, 0.1) is 13.4 Å². The fraction of sp³-hybridized carbons (Fsp3) is 0.250. The highest BCUT2D eigenvalue weighted by Crippen LogP contribution is 2.26. The van der Waals surface area contributed by atoms with Gasteiger partial charge in [0.2, 0.25) is 0 Å². The van der Waals surface area contributed by atoms with E-state index in [-0.39, 0.29) is 5.75 Å². The Morgan fingerprint density at radius 1 is 1.38 bits per heavy atom. The van der Waals surface area contributed by atoms with Crippen LogP contribution in [-0.4, -0.2) is 21.8 Å². The molecule has 4 nitrogen and oxygen atoms in total. The molecule has 0 aromatic heterocycles. The standard InChI is InChI=1S/C8H9O4S/c1-11-7-5-3-4-6-8(7)12-13(2,9)10/h4-6H,1-2H3. The number of benzene rings is 1. The fourth-order valence-electron chi connectivity index (χ4n) is 0.792. The first-order valence-corrected chi connectivity index (χ1v) is 5.28. The summed E-state index contributed by atoms with van der Waals surface area (Å²) in [6.07, 6.45) is 0.975. The van der Waals surface area contributed by atoms with Crippen LogP contribution in [0.25, 0.3) is 0 Å². The maximum absolute atomic E-state index is 10.8. The predicted molar refractivity (Wildman–Crippen MR) is 47.3 cm³/mol. The number of hydrogen-bond donors (Lipinski definition) is 0. The van der Waals surface area contributed by atoms with Crippen molar-refractivity contribution < 1.29 is 17.3 Å². The van der Waals surface area contributed by atoms with Gasteiger partial charge in [-0.2, -0.15) is 8.42 Å². The monoisotopic (exact) mass is 201 g/mol. The molecule has 0 aliphatic rings. The molecule has 0 heterocycles. The second kappa shape index (κ2) is 3.66. The van der Waals surface area contributed by atoms with E-state index in [1.807, 2.05) is 0 Å². The van der Waals surface area contributed by atoms with E-state index in [4.69, 9.17) is 4.74 Å². The lowest BCUT2D eigenvalue weighted by Crippen LogP contribution is -2.06. The van der Waals surface area contributed by atoms with Crippen LogP contribution in [0.3, 0.4) is 0 Å². The summed E-state index contributed by atoms with van der Waals surface area (Å²) < 4.78 is 31.1. The van der Waals surface area contributed by atoms with E-state index in [9.17, 15) is 8.42 Å². The van der Waals surface area contributed by atoms with Gasteiger partial charge in [-0.25, -0.2) is 0 Å². The number of hydrogen-bond acceptors (Lipinski definition) is 4. The Morgan fingerprint density at radius 3 is 2.62 bits per heavy atom. The van der Waals surface area contributed by atoms with Gasteiger partial charge in [-0.15, -0.1) is 0 Å². The SMILES string of the molecule is COc1c[c]ccc1OS(C)(=O)=O. The first-order valence-electron chi connectivity index (χ1n) is 3.46. The third kappa shape index (κ3) is 2.95. The van der Waals surface area contributed by atoms with E-state index in [1.165, 1.54) is 19.2 Å². The first kappa shape index (κ1) is 9.85. The van der Waals surface area contributed by atoms with Crippen molar-refractivity contribution in [1.29, 1.82) is 0 Å². The zero-order chi connectivity index (χ0) is 9.90. The second-order valence-corrected chi connectivity index (χ2v) is 3.94. The Hall–Kier alpha value is -1.23. The van der Waals surface area contributed by atoms with Gasteiger partial charge in [0.25, 0.3) is 0 Å². The van der Waals surface area contributed by atoms with E-state index in [1.54, 1.807) is 6.07 Å². The molecule has 0 unspecified atom stereocenters. The summed E-state index contributed by atoms with van der Waals surface area (Å²) in [5.41, 5.74) is 0. The van der Waals surface area contributed by atoms with Crippen LogP contribution in [0.1, 0.15) is 0 Å². The number of ether oxygens (including phenoxy) is 1. The molecule has 0 fully saturated rings. The molecule has 0 aliphatic carbocycles. The molecule has 0 N–H and O–H groups in total. The Morgan fingerprint density at radius 2 is 2.08 bits per heavy atom. The molecule has 0 amide bonds. The van der Waals surface area contributed by atoms with Gasteiger partial charge in [0, 0.05) is 0 Å². The Kier molecular flexibility index (Phi) is 2.77. The van der Waals surface area contributed by atoms with Crippen molar-refractivity contribution in [3.05, 3.63) is 24.3 Å². The molecular formula is C8H9O4S. The summed E-state index contributed by atoms with van der Waals surface area (Å²) in [6.45, 7) is 0. The van der Waals surface area contributed by atoms with Crippen LogP contribution in [0.5, 0.6) is 11.5 Å². The van der Waals surface area contributed by atoms with Crippen LogP contribution in [0.15, 0.2) is 18.2 Å². The topological polar surface area (TPSA) is 52.6 Å². The van der Waals surface area contributed by atoms with E-state index in [0.29, 0.717) is 5.75 Å². The normalized spacial score (nSPS) is 10.9. The van der Waals surface area contributed by atoms with Gasteiger partial charge in [0.15, 0.2) is 11.5 Å². The van der Waals surface area contributed by atoms with Gasteiger partial charge >= 0.3 is 10.1 Å². The highest BCUT2D eigenvalue weighted by Gasteiger charge is 2.08. The van der Waals surface area contributed by atoms with E-state index in [2.05, 4.69) is 10.2 Å². The smallest absolute Gasteiger partial charge is 0.306 e. The predicted octanol–water partition coefficient (Wildman–Crippen LogP) is 0.834.